The maximum atomic E-state index is 12.5. The smallest absolute Gasteiger partial charge is 0.303 e. The highest BCUT2D eigenvalue weighted by Gasteiger charge is 2.67. The molecule has 5 nitrogen and oxygen atoms in total. The Balaban J connectivity index is 1.70. The Hall–Kier alpha value is -1.75. The predicted molar refractivity (Wildman–Crippen MR) is 108 cm³/mol. The minimum absolute atomic E-state index is 0.0109. The molecule has 0 spiro atoms. The molecular weight excluding hydrogens is 368 g/mol. The molecule has 4 aliphatic rings. The summed E-state index contributed by atoms with van der Waals surface area (Å²) in [4.78, 5) is 36.5. The van der Waals surface area contributed by atoms with E-state index in [2.05, 4.69) is 26.5 Å². The summed E-state index contributed by atoms with van der Waals surface area (Å²) in [5.74, 6) is 0.210. The highest BCUT2D eigenvalue weighted by Crippen LogP contribution is 2.68. The minimum atomic E-state index is -1.45. The summed E-state index contributed by atoms with van der Waals surface area (Å²) in [6, 6.07) is 0. The van der Waals surface area contributed by atoms with Gasteiger partial charge in [0.05, 0.1) is 0 Å². The minimum Gasteiger partial charge on any atom is -0.455 e. The molecule has 0 aliphatic heterocycles. The molecule has 29 heavy (non-hydrogen) atoms. The molecule has 0 aromatic carbocycles. The number of rotatable bonds is 2. The molecule has 1 N–H and O–H groups in total. The number of ketones is 2. The first-order chi connectivity index (χ1) is 13.4. The molecule has 0 heterocycles. The SMILES string of the molecule is C=C1C[C@H]2[C@@H]3CC=C4CC(=O)C(OC(C)=O)C[C@]4(C)[C@H]3CC[C@]2(C)[C@@]1(O)C(C)=O. The summed E-state index contributed by atoms with van der Waals surface area (Å²) in [7, 11) is 0. The second kappa shape index (κ2) is 6.37. The van der Waals surface area contributed by atoms with Crippen LogP contribution in [0.15, 0.2) is 23.8 Å². The fourth-order valence-electron chi connectivity index (χ4n) is 7.44. The Morgan fingerprint density at radius 1 is 1.24 bits per heavy atom. The number of esters is 1. The molecule has 3 saturated carbocycles. The largest absolute Gasteiger partial charge is 0.455 e. The van der Waals surface area contributed by atoms with Gasteiger partial charge < -0.3 is 9.84 Å². The van der Waals surface area contributed by atoms with Crippen molar-refractivity contribution in [3.8, 4) is 0 Å². The number of aliphatic hydroxyl groups is 1. The lowest BCUT2D eigenvalue weighted by Gasteiger charge is -2.58. The van der Waals surface area contributed by atoms with Gasteiger partial charge in [-0.15, -0.1) is 0 Å². The molecule has 0 bridgehead atoms. The number of carbonyl (C=O) groups is 3. The van der Waals surface area contributed by atoms with Crippen LogP contribution in [0.25, 0.3) is 0 Å². The lowest BCUT2D eigenvalue weighted by Crippen LogP contribution is -2.58. The van der Waals surface area contributed by atoms with Gasteiger partial charge in [0.15, 0.2) is 17.7 Å². The van der Waals surface area contributed by atoms with Crippen LogP contribution in [0.4, 0.5) is 0 Å². The molecular formula is C24H32O5. The summed E-state index contributed by atoms with van der Waals surface area (Å²) < 4.78 is 5.37. The van der Waals surface area contributed by atoms with Crippen molar-refractivity contribution in [1.29, 1.82) is 0 Å². The van der Waals surface area contributed by atoms with E-state index in [1.54, 1.807) is 0 Å². The molecule has 3 fully saturated rings. The molecule has 0 aromatic heterocycles. The van der Waals surface area contributed by atoms with Gasteiger partial charge in [-0.05, 0) is 61.3 Å². The third-order valence-electron chi connectivity index (χ3n) is 8.97. The highest BCUT2D eigenvalue weighted by atomic mass is 16.5. The second-order valence-electron chi connectivity index (χ2n) is 10.2. The van der Waals surface area contributed by atoms with Gasteiger partial charge in [0.25, 0.3) is 0 Å². The fourth-order valence-corrected chi connectivity index (χ4v) is 7.44. The van der Waals surface area contributed by atoms with Crippen molar-refractivity contribution in [3.63, 3.8) is 0 Å². The van der Waals surface area contributed by atoms with Gasteiger partial charge in [-0.25, -0.2) is 0 Å². The summed E-state index contributed by atoms with van der Waals surface area (Å²) >= 11 is 0. The van der Waals surface area contributed by atoms with Crippen LogP contribution in [0.2, 0.25) is 0 Å². The number of Topliss-reactive ketones (excluding diaryl/α,β-unsaturated/α-hetero) is 2. The number of carbonyl (C=O) groups excluding carboxylic acids is 3. The Labute approximate surface area is 172 Å². The van der Waals surface area contributed by atoms with E-state index in [-0.39, 0.29) is 22.9 Å². The van der Waals surface area contributed by atoms with Crippen LogP contribution in [0.5, 0.6) is 0 Å². The van der Waals surface area contributed by atoms with Crippen molar-refractivity contribution < 1.29 is 24.2 Å². The molecule has 0 aromatic rings. The molecule has 1 unspecified atom stereocenters. The van der Waals surface area contributed by atoms with Crippen LogP contribution < -0.4 is 0 Å². The third kappa shape index (κ3) is 2.59. The first kappa shape index (κ1) is 20.5. The standard InChI is InChI=1S/C24H32O5/c1-13-10-19-17-7-6-16-11-20(27)21(29-15(3)26)12-22(16,4)18(17)8-9-23(19,5)24(13,28)14(2)25/h6,17-19,21,28H,1,7-12H2,2-5H3/t17-,18+,19+,21?,22+,23+,24+/m1/s1. The van der Waals surface area contributed by atoms with Gasteiger partial charge >= 0.3 is 5.97 Å². The topological polar surface area (TPSA) is 80.7 Å². The van der Waals surface area contributed by atoms with Crippen molar-refractivity contribution in [1.82, 2.24) is 0 Å². The van der Waals surface area contributed by atoms with Gasteiger partial charge in [-0.1, -0.05) is 32.1 Å². The van der Waals surface area contributed by atoms with Crippen LogP contribution in [0.1, 0.15) is 66.2 Å². The maximum Gasteiger partial charge on any atom is 0.303 e. The van der Waals surface area contributed by atoms with Crippen LogP contribution in [-0.4, -0.2) is 34.3 Å². The van der Waals surface area contributed by atoms with E-state index in [0.29, 0.717) is 36.7 Å². The number of ether oxygens (including phenoxy) is 1. The zero-order chi connectivity index (χ0) is 21.4. The fraction of sp³-hybridized carbons (Fsp3) is 0.708. The van der Waals surface area contributed by atoms with Crippen molar-refractivity contribution in [2.75, 3.05) is 0 Å². The average molecular weight is 401 g/mol. The van der Waals surface area contributed by atoms with E-state index in [1.807, 2.05) is 0 Å². The summed E-state index contributed by atoms with van der Waals surface area (Å²) in [5, 5.41) is 11.4. The van der Waals surface area contributed by atoms with Gasteiger partial charge in [0.2, 0.25) is 0 Å². The molecule has 158 valence electrons. The molecule has 4 aliphatic carbocycles. The van der Waals surface area contributed by atoms with Gasteiger partial charge in [0, 0.05) is 25.2 Å². The van der Waals surface area contributed by atoms with Crippen LogP contribution in [0.3, 0.4) is 0 Å². The lowest BCUT2D eigenvalue weighted by molar-refractivity contribution is -0.161. The molecule has 7 atom stereocenters. The van der Waals surface area contributed by atoms with Crippen LogP contribution in [-0.2, 0) is 19.1 Å². The quantitative estimate of drug-likeness (QED) is 0.566. The van der Waals surface area contributed by atoms with E-state index in [9.17, 15) is 19.5 Å². The first-order valence-corrected chi connectivity index (χ1v) is 10.8. The number of hydrogen-bond acceptors (Lipinski definition) is 5. The monoisotopic (exact) mass is 400 g/mol. The normalized spacial score (nSPS) is 46.3. The Morgan fingerprint density at radius 3 is 2.55 bits per heavy atom. The predicted octanol–water partition coefficient (Wildman–Crippen LogP) is 3.55. The van der Waals surface area contributed by atoms with E-state index in [1.165, 1.54) is 19.4 Å². The summed E-state index contributed by atoms with van der Waals surface area (Å²) in [6.07, 6.45) is 5.58. The molecule has 0 saturated heterocycles. The van der Waals surface area contributed by atoms with E-state index in [0.717, 1.165) is 19.3 Å². The van der Waals surface area contributed by atoms with E-state index < -0.39 is 23.1 Å². The van der Waals surface area contributed by atoms with Crippen molar-refractivity contribution in [2.24, 2.45) is 28.6 Å². The van der Waals surface area contributed by atoms with Gasteiger partial charge in [0.1, 0.15) is 5.60 Å². The van der Waals surface area contributed by atoms with E-state index >= 15 is 0 Å². The highest BCUT2D eigenvalue weighted by molar-refractivity contribution is 5.90. The zero-order valence-electron chi connectivity index (χ0n) is 17.9. The summed E-state index contributed by atoms with van der Waals surface area (Å²) in [5.41, 5.74) is -0.324. The van der Waals surface area contributed by atoms with Crippen LogP contribution in [0, 0.1) is 28.6 Å². The molecule has 5 heteroatoms. The van der Waals surface area contributed by atoms with Gasteiger partial charge in [-0.3, -0.25) is 14.4 Å². The van der Waals surface area contributed by atoms with Crippen molar-refractivity contribution >= 4 is 17.5 Å². The zero-order valence-corrected chi connectivity index (χ0v) is 17.9. The Morgan fingerprint density at radius 2 is 1.93 bits per heavy atom. The second-order valence-corrected chi connectivity index (χ2v) is 10.2. The Kier molecular flexibility index (Phi) is 4.51. The number of allylic oxidation sites excluding steroid dienone is 2. The molecule has 4 rings (SSSR count). The Bertz CT molecular complexity index is 840. The molecule has 0 amide bonds. The van der Waals surface area contributed by atoms with Crippen molar-refractivity contribution in [2.45, 2.75) is 77.9 Å². The first-order valence-electron chi connectivity index (χ1n) is 10.8. The third-order valence-corrected chi connectivity index (χ3v) is 8.97. The van der Waals surface area contributed by atoms with Crippen molar-refractivity contribution in [3.05, 3.63) is 23.8 Å². The van der Waals surface area contributed by atoms with E-state index in [4.69, 9.17) is 4.74 Å². The van der Waals surface area contributed by atoms with Crippen LogP contribution >= 0.6 is 0 Å². The summed E-state index contributed by atoms with van der Waals surface area (Å²) in [6.45, 7) is 11.2. The molecule has 0 radical (unpaired) electrons. The average Bonchev–Trinajstić information content (AvgIpc) is 2.84. The lowest BCUT2D eigenvalue weighted by atomic mass is 9.46. The number of hydrogen-bond donors (Lipinski definition) is 1. The maximum absolute atomic E-state index is 12.5. The van der Waals surface area contributed by atoms with Gasteiger partial charge in [-0.2, -0.15) is 0 Å². The number of fused-ring (bicyclic) bond motifs is 5.